The largest absolute Gasteiger partial charge is 0.545 e. The van der Waals surface area contributed by atoms with Crippen molar-refractivity contribution in [1.29, 1.82) is 0 Å². The summed E-state index contributed by atoms with van der Waals surface area (Å²) in [6.07, 6.45) is -2.03. The molecule has 0 spiro atoms. The average molecular weight is 398 g/mol. The number of aromatic carboxylic acids is 1. The van der Waals surface area contributed by atoms with Crippen molar-refractivity contribution in [1.82, 2.24) is 0 Å². The third-order valence-electron chi connectivity index (χ3n) is 2.91. The van der Waals surface area contributed by atoms with Crippen LogP contribution in [0, 0.1) is 0 Å². The first-order valence-corrected chi connectivity index (χ1v) is 7.31. The fraction of sp³-hybridized carbons (Fsp3) is 0.0588. The summed E-state index contributed by atoms with van der Waals surface area (Å²) < 4.78 is 37.8. The van der Waals surface area contributed by atoms with E-state index in [0.29, 0.717) is 12.2 Å². The maximum atomic E-state index is 12.6. The van der Waals surface area contributed by atoms with Gasteiger partial charge < -0.3 is 20.1 Å². The second kappa shape index (κ2) is 9.71. The maximum absolute atomic E-state index is 12.6. The van der Waals surface area contributed by atoms with E-state index in [1.54, 1.807) is 0 Å². The van der Waals surface area contributed by atoms with Crippen LogP contribution in [0.25, 0.3) is 0 Å². The van der Waals surface area contributed by atoms with Crippen LogP contribution in [0.3, 0.4) is 0 Å². The number of carboxylic acid groups (broad SMARTS) is 3. The molecule has 0 aliphatic heterocycles. The van der Waals surface area contributed by atoms with Crippen molar-refractivity contribution in [3.63, 3.8) is 0 Å². The monoisotopic (exact) mass is 398 g/mol. The quantitative estimate of drug-likeness (QED) is 0.646. The van der Waals surface area contributed by atoms with Gasteiger partial charge in [0.2, 0.25) is 0 Å². The molecule has 0 atom stereocenters. The second-order valence-corrected chi connectivity index (χ2v) is 4.96. The summed E-state index contributed by atoms with van der Waals surface area (Å²) in [5, 5.41) is 28.8. The molecule has 11 heteroatoms. The minimum atomic E-state index is -4.45. The normalized spacial score (nSPS) is 10.7. The highest BCUT2D eigenvalue weighted by atomic mass is 19.4. The number of halogens is 3. The van der Waals surface area contributed by atoms with Crippen LogP contribution in [0.4, 0.5) is 24.7 Å². The van der Waals surface area contributed by atoms with Crippen LogP contribution in [-0.4, -0.2) is 28.1 Å². The fourth-order valence-electron chi connectivity index (χ4n) is 1.78. The van der Waals surface area contributed by atoms with E-state index in [-0.39, 0.29) is 17.1 Å². The molecule has 148 valence electrons. The third-order valence-corrected chi connectivity index (χ3v) is 2.91. The van der Waals surface area contributed by atoms with E-state index in [0.717, 1.165) is 12.1 Å². The van der Waals surface area contributed by atoms with Crippen molar-refractivity contribution in [3.8, 4) is 0 Å². The molecule has 1 aromatic heterocycles. The first-order chi connectivity index (χ1) is 13.0. The molecule has 0 aliphatic carbocycles. The van der Waals surface area contributed by atoms with E-state index in [4.69, 9.17) is 10.2 Å². The molecule has 8 nitrogen and oxygen atoms in total. The highest BCUT2D eigenvalue weighted by molar-refractivity contribution is 5.93. The van der Waals surface area contributed by atoms with Crippen molar-refractivity contribution < 1.29 is 47.9 Å². The van der Waals surface area contributed by atoms with Crippen LogP contribution in [0.5, 0.6) is 0 Å². The minimum absolute atomic E-state index is 0.0649. The number of pyridine rings is 1. The smallest absolute Gasteiger partial charge is 0.416 e. The Morgan fingerprint density at radius 1 is 1.07 bits per heavy atom. The van der Waals surface area contributed by atoms with Crippen LogP contribution < -0.4 is 15.4 Å². The van der Waals surface area contributed by atoms with E-state index in [1.807, 2.05) is 0 Å². The molecule has 0 saturated heterocycles. The predicted molar refractivity (Wildman–Crippen MR) is 86.5 cm³/mol. The van der Waals surface area contributed by atoms with Crippen molar-refractivity contribution in [2.24, 2.45) is 0 Å². The molecule has 2 aromatic rings. The van der Waals surface area contributed by atoms with Crippen molar-refractivity contribution >= 4 is 29.4 Å². The van der Waals surface area contributed by atoms with E-state index < -0.39 is 29.6 Å². The number of carboxylic acids is 3. The number of alkyl halides is 3. The minimum Gasteiger partial charge on any atom is -0.545 e. The number of hydrogen-bond acceptors (Lipinski definition) is 5. The molecule has 0 amide bonds. The number of aromatic amines is 1. The molecule has 0 unspecified atom stereocenters. The number of carbonyl (C=O) groups excluding carboxylic acids is 1. The molecule has 0 bridgehead atoms. The highest BCUT2D eigenvalue weighted by Crippen LogP contribution is 2.31. The van der Waals surface area contributed by atoms with E-state index >= 15 is 0 Å². The van der Waals surface area contributed by atoms with Gasteiger partial charge in [-0.2, -0.15) is 13.2 Å². The third kappa shape index (κ3) is 7.56. The van der Waals surface area contributed by atoms with Gasteiger partial charge in [-0.15, -0.1) is 0 Å². The number of H-pyrrole nitrogens is 1. The van der Waals surface area contributed by atoms with Crippen LogP contribution in [0.1, 0.15) is 15.9 Å². The Kier molecular flexibility index (Phi) is 7.68. The van der Waals surface area contributed by atoms with Gasteiger partial charge in [0, 0.05) is 6.08 Å². The second-order valence-electron chi connectivity index (χ2n) is 4.96. The molecular formula is C17H13F3N2O6. The summed E-state index contributed by atoms with van der Waals surface area (Å²) in [4.78, 5) is 32.6. The number of benzene rings is 1. The molecule has 0 saturated carbocycles. The lowest BCUT2D eigenvalue weighted by atomic mass is 10.2. The Labute approximate surface area is 155 Å². The first kappa shape index (κ1) is 22.2. The molecular weight excluding hydrogens is 385 g/mol. The summed E-state index contributed by atoms with van der Waals surface area (Å²) in [5.41, 5.74) is -0.731. The number of anilines is 2. The van der Waals surface area contributed by atoms with Gasteiger partial charge in [-0.25, -0.2) is 19.9 Å². The standard InChI is InChI=1S/C13H9F3N2O2.C4H4O4/c14-13(15,16)8-3-1-4-9(7-8)18-11-10(12(19)20)5-2-6-17-11;5-3(6)1-2-4(7)8/h1-7H,(H,17,18)(H,19,20);1-2H,(H,5,6)(H,7,8)/b;2-1-. The maximum Gasteiger partial charge on any atom is 0.416 e. The Balaban J connectivity index is 0.000000416. The first-order valence-electron chi connectivity index (χ1n) is 7.31. The molecule has 4 N–H and O–H groups in total. The number of aromatic nitrogens is 1. The number of rotatable bonds is 5. The van der Waals surface area contributed by atoms with E-state index in [9.17, 15) is 32.7 Å². The molecule has 0 aliphatic rings. The fourth-order valence-corrected chi connectivity index (χ4v) is 1.78. The van der Waals surface area contributed by atoms with Gasteiger partial charge in [0.1, 0.15) is 11.3 Å². The molecule has 1 heterocycles. The van der Waals surface area contributed by atoms with Gasteiger partial charge in [-0.05, 0) is 36.4 Å². The number of hydrogen-bond donors (Lipinski definition) is 3. The zero-order valence-electron chi connectivity index (χ0n) is 13.9. The highest BCUT2D eigenvalue weighted by Gasteiger charge is 2.31. The van der Waals surface area contributed by atoms with Crippen molar-refractivity contribution in [3.05, 3.63) is 65.9 Å². The lowest BCUT2D eigenvalue weighted by Gasteiger charge is -2.07. The van der Waals surface area contributed by atoms with Crippen molar-refractivity contribution in [2.75, 3.05) is 5.32 Å². The lowest BCUT2D eigenvalue weighted by molar-refractivity contribution is -0.360. The van der Waals surface area contributed by atoms with Crippen LogP contribution >= 0.6 is 0 Å². The number of carbonyl (C=O) groups is 3. The van der Waals surface area contributed by atoms with Crippen LogP contribution in [0.2, 0.25) is 0 Å². The number of nitrogens with one attached hydrogen (secondary N) is 2. The van der Waals surface area contributed by atoms with Gasteiger partial charge in [0.15, 0.2) is 0 Å². The average Bonchev–Trinajstić information content (AvgIpc) is 2.60. The summed E-state index contributed by atoms with van der Waals surface area (Å²) in [6, 6.07) is 7.34. The summed E-state index contributed by atoms with van der Waals surface area (Å²) in [5.74, 6) is -3.88. The zero-order valence-corrected chi connectivity index (χ0v) is 13.9. The Morgan fingerprint density at radius 2 is 1.75 bits per heavy atom. The molecule has 1 aromatic carbocycles. The van der Waals surface area contributed by atoms with Crippen LogP contribution in [0.15, 0.2) is 54.7 Å². The molecule has 0 radical (unpaired) electrons. The zero-order chi connectivity index (χ0) is 21.3. The topological polar surface area (TPSA) is 141 Å². The van der Waals surface area contributed by atoms with Gasteiger partial charge >= 0.3 is 18.1 Å². The summed E-state index contributed by atoms with van der Waals surface area (Å²) in [6.45, 7) is 0. The van der Waals surface area contributed by atoms with Crippen molar-refractivity contribution in [2.45, 2.75) is 6.18 Å². The van der Waals surface area contributed by atoms with Gasteiger partial charge in [-0.3, -0.25) is 0 Å². The van der Waals surface area contributed by atoms with Gasteiger partial charge in [0.05, 0.1) is 17.7 Å². The number of aliphatic carboxylic acids is 2. The predicted octanol–water partition coefficient (Wildman–Crippen LogP) is 1.34. The summed E-state index contributed by atoms with van der Waals surface area (Å²) in [7, 11) is 0. The lowest BCUT2D eigenvalue weighted by Crippen LogP contribution is -2.19. The molecule has 0 fully saturated rings. The van der Waals surface area contributed by atoms with Gasteiger partial charge in [0.25, 0.3) is 5.82 Å². The Hall–Kier alpha value is -3.89. The van der Waals surface area contributed by atoms with Gasteiger partial charge in [-0.1, -0.05) is 6.07 Å². The Morgan fingerprint density at radius 3 is 2.25 bits per heavy atom. The van der Waals surface area contributed by atoms with E-state index in [2.05, 4.69) is 10.3 Å². The molecule has 2 rings (SSSR count). The van der Waals surface area contributed by atoms with E-state index in [1.165, 1.54) is 30.5 Å². The van der Waals surface area contributed by atoms with Crippen LogP contribution in [-0.2, 0) is 15.8 Å². The Bertz CT molecular complexity index is 880. The summed E-state index contributed by atoms with van der Waals surface area (Å²) >= 11 is 0. The molecule has 28 heavy (non-hydrogen) atoms. The SMILES string of the molecule is O=C(O)c1ccc[nH+]c1Nc1cccc(C(F)(F)F)c1.O=C([O-])/C=C\C(=O)O.